The number of amides is 3. The molecule has 0 aliphatic carbocycles. The van der Waals surface area contributed by atoms with E-state index >= 15 is 0 Å². The fourth-order valence-corrected chi connectivity index (χ4v) is 6.39. The largest absolute Gasteiger partial charge is 0.448 e. The number of hydrogen-bond acceptors (Lipinski definition) is 10. The Morgan fingerprint density at radius 1 is 0.836 bits per heavy atom. The molecule has 1 atom stereocenters. The van der Waals surface area contributed by atoms with Gasteiger partial charge in [0.1, 0.15) is 12.3 Å². The summed E-state index contributed by atoms with van der Waals surface area (Å²) < 4.78 is 17.6. The van der Waals surface area contributed by atoms with Gasteiger partial charge in [0.15, 0.2) is 5.78 Å². The predicted molar refractivity (Wildman–Crippen MR) is 211 cm³/mol. The number of anilines is 1. The molecule has 0 bridgehead atoms. The van der Waals surface area contributed by atoms with Crippen molar-refractivity contribution in [2.75, 3.05) is 51.5 Å². The number of ketones is 1. The fourth-order valence-electron chi connectivity index (χ4n) is 6.39. The summed E-state index contributed by atoms with van der Waals surface area (Å²) in [5.74, 6) is -0.147. The third-order valence-corrected chi connectivity index (χ3v) is 9.04. The first-order valence-corrected chi connectivity index (χ1v) is 19.2. The average Bonchev–Trinajstić information content (AvgIpc) is 3.54. The van der Waals surface area contributed by atoms with Crippen LogP contribution in [-0.2, 0) is 41.7 Å². The number of unbranched alkanes of at least 4 members (excludes halogenated alkanes) is 1. The molecule has 4 rings (SSSR count). The maximum absolute atomic E-state index is 13.7. The van der Waals surface area contributed by atoms with Crippen LogP contribution in [0.5, 0.6) is 0 Å². The number of para-hydroxylation sites is 1. The number of aromatic nitrogens is 3. The topological polar surface area (TPSA) is 166 Å². The Morgan fingerprint density at radius 2 is 1.56 bits per heavy atom. The summed E-state index contributed by atoms with van der Waals surface area (Å²) in [7, 11) is 1.59. The molecule has 300 valence electrons. The average molecular weight is 762 g/mol. The van der Waals surface area contributed by atoms with Crippen LogP contribution in [0.1, 0.15) is 79.2 Å². The molecule has 1 aliphatic heterocycles. The van der Waals surface area contributed by atoms with Crippen molar-refractivity contribution in [1.82, 2.24) is 30.9 Å². The second kappa shape index (κ2) is 20.3. The van der Waals surface area contributed by atoms with Gasteiger partial charge in [0.2, 0.25) is 11.8 Å². The smallest absolute Gasteiger partial charge is 0.407 e. The molecule has 55 heavy (non-hydrogen) atoms. The Morgan fingerprint density at radius 3 is 2.29 bits per heavy atom. The molecule has 0 fully saturated rings. The Bertz CT molecular complexity index is 1740. The fraction of sp³-hybridized carbons (Fsp3) is 0.561. The third-order valence-electron chi connectivity index (χ3n) is 9.04. The van der Waals surface area contributed by atoms with E-state index in [4.69, 9.17) is 14.2 Å². The van der Waals surface area contributed by atoms with Gasteiger partial charge in [-0.1, -0.05) is 68.4 Å². The zero-order chi connectivity index (χ0) is 40.0. The Balaban J connectivity index is 1.36. The Kier molecular flexibility index (Phi) is 15.9. The van der Waals surface area contributed by atoms with Gasteiger partial charge in [-0.3, -0.25) is 14.4 Å². The third kappa shape index (κ3) is 13.0. The second-order valence-electron chi connectivity index (χ2n) is 15.7. The highest BCUT2D eigenvalue weighted by Crippen LogP contribution is 2.41. The highest BCUT2D eigenvalue weighted by Gasteiger charge is 2.32. The lowest BCUT2D eigenvalue weighted by Crippen LogP contribution is -2.50. The van der Waals surface area contributed by atoms with Gasteiger partial charge < -0.3 is 35.1 Å². The molecule has 0 radical (unpaired) electrons. The Labute approximate surface area is 325 Å². The molecule has 0 saturated carbocycles. The van der Waals surface area contributed by atoms with Crippen molar-refractivity contribution in [1.29, 1.82) is 0 Å². The zero-order valence-electron chi connectivity index (χ0n) is 33.5. The van der Waals surface area contributed by atoms with E-state index in [2.05, 4.69) is 47.0 Å². The monoisotopic (exact) mass is 761 g/mol. The molecule has 14 heteroatoms. The van der Waals surface area contributed by atoms with Crippen LogP contribution in [0, 0.1) is 5.41 Å². The molecule has 2 aromatic carbocycles. The van der Waals surface area contributed by atoms with Crippen LogP contribution in [0.4, 0.5) is 10.5 Å². The standard InChI is InChI=1S/C41H59N7O7/c1-40(2,3)38(51)32(44-41(4,5)6)17-12-13-21-43-39(52)55-25-23-48-37-30-15-9-8-14-29(30)28-47(33-18-11-10-16-31(33)36(37)45-46-48)35(50)19-22-42-34(49)20-24-54-27-26-53-7/h8-11,14-16,18,32,44H,12-13,17,19-28H2,1-7H3,(H,42,49)(H,43,52). The number of benzene rings is 2. The van der Waals surface area contributed by atoms with Crippen LogP contribution in [0.15, 0.2) is 48.5 Å². The number of carbonyl (C=O) groups excluding carboxylic acids is 4. The van der Waals surface area contributed by atoms with E-state index < -0.39 is 11.5 Å². The molecule has 3 N–H and O–H groups in total. The number of ether oxygens (including phenoxy) is 3. The second-order valence-corrected chi connectivity index (χ2v) is 15.7. The van der Waals surface area contributed by atoms with Crippen LogP contribution in [0.2, 0.25) is 0 Å². The van der Waals surface area contributed by atoms with Crippen LogP contribution in [0.3, 0.4) is 0 Å². The summed E-state index contributed by atoms with van der Waals surface area (Å²) in [5.41, 5.74) is 3.93. The van der Waals surface area contributed by atoms with Crippen molar-refractivity contribution in [3.05, 3.63) is 54.1 Å². The van der Waals surface area contributed by atoms with E-state index in [-0.39, 0.29) is 68.3 Å². The Hall–Kier alpha value is -4.66. The van der Waals surface area contributed by atoms with Gasteiger partial charge in [0, 0.05) is 55.1 Å². The number of rotatable bonds is 19. The number of fused-ring (bicyclic) bond motifs is 5. The minimum Gasteiger partial charge on any atom is -0.448 e. The maximum Gasteiger partial charge on any atom is 0.407 e. The number of methoxy groups -OCH3 is 1. The molecule has 0 spiro atoms. The van der Waals surface area contributed by atoms with Crippen molar-refractivity contribution in [3.63, 3.8) is 0 Å². The predicted octanol–water partition coefficient (Wildman–Crippen LogP) is 5.29. The quantitative estimate of drug-likeness (QED) is 0.137. The van der Waals surface area contributed by atoms with Crippen molar-refractivity contribution in [2.45, 2.75) is 98.3 Å². The first-order chi connectivity index (χ1) is 26.2. The molecule has 1 aliphatic rings. The molecular formula is C41H59N7O7. The molecule has 3 aromatic rings. The minimum atomic E-state index is -0.523. The summed E-state index contributed by atoms with van der Waals surface area (Å²) in [6, 6.07) is 15.1. The van der Waals surface area contributed by atoms with Crippen molar-refractivity contribution >= 4 is 29.4 Å². The number of carbonyl (C=O) groups is 4. The van der Waals surface area contributed by atoms with Gasteiger partial charge in [0.25, 0.3) is 0 Å². The van der Waals surface area contributed by atoms with Crippen molar-refractivity contribution in [3.8, 4) is 22.5 Å². The summed E-state index contributed by atoms with van der Waals surface area (Å²) in [6.45, 7) is 14.4. The van der Waals surface area contributed by atoms with Crippen LogP contribution < -0.4 is 20.9 Å². The molecule has 1 aromatic heterocycles. The van der Waals surface area contributed by atoms with Gasteiger partial charge >= 0.3 is 6.09 Å². The molecule has 1 unspecified atom stereocenters. The maximum atomic E-state index is 13.7. The summed E-state index contributed by atoms with van der Waals surface area (Å²) in [4.78, 5) is 53.4. The number of Topliss-reactive ketones (excluding diaryl/α,β-unsaturated/α-hetero) is 1. The van der Waals surface area contributed by atoms with E-state index in [0.29, 0.717) is 50.5 Å². The summed E-state index contributed by atoms with van der Waals surface area (Å²) in [6.07, 6.45) is 1.95. The molecular weight excluding hydrogens is 702 g/mol. The lowest BCUT2D eigenvalue weighted by Gasteiger charge is -2.31. The van der Waals surface area contributed by atoms with Gasteiger partial charge in [0.05, 0.1) is 50.3 Å². The highest BCUT2D eigenvalue weighted by molar-refractivity contribution is 6.00. The number of nitrogens with zero attached hydrogens (tertiary/aromatic N) is 4. The lowest BCUT2D eigenvalue weighted by molar-refractivity contribution is -0.129. The molecule has 14 nitrogen and oxygen atoms in total. The zero-order valence-corrected chi connectivity index (χ0v) is 33.5. The van der Waals surface area contributed by atoms with E-state index in [1.165, 1.54) is 0 Å². The van der Waals surface area contributed by atoms with Gasteiger partial charge in [-0.2, -0.15) is 0 Å². The van der Waals surface area contributed by atoms with Gasteiger partial charge in [-0.25, -0.2) is 9.48 Å². The lowest BCUT2D eigenvalue weighted by atomic mass is 9.84. The van der Waals surface area contributed by atoms with Gasteiger partial charge in [-0.05, 0) is 51.7 Å². The normalized spacial score (nSPS) is 13.1. The summed E-state index contributed by atoms with van der Waals surface area (Å²) >= 11 is 0. The van der Waals surface area contributed by atoms with E-state index in [1.807, 2.05) is 69.3 Å². The van der Waals surface area contributed by atoms with Crippen molar-refractivity contribution in [2.24, 2.45) is 5.41 Å². The number of nitrogens with one attached hydrogen (secondary N) is 3. The molecule has 2 heterocycles. The van der Waals surface area contributed by atoms with E-state index in [0.717, 1.165) is 28.8 Å². The van der Waals surface area contributed by atoms with E-state index in [1.54, 1.807) is 16.7 Å². The number of hydrogen-bond donors (Lipinski definition) is 3. The van der Waals surface area contributed by atoms with E-state index in [9.17, 15) is 19.2 Å². The summed E-state index contributed by atoms with van der Waals surface area (Å²) in [5, 5.41) is 18.1. The van der Waals surface area contributed by atoms with Crippen LogP contribution in [0.25, 0.3) is 22.5 Å². The molecule has 3 amide bonds. The van der Waals surface area contributed by atoms with Crippen LogP contribution >= 0.6 is 0 Å². The van der Waals surface area contributed by atoms with Crippen molar-refractivity contribution < 1.29 is 33.4 Å². The first kappa shape index (κ1) is 43.1. The molecule has 0 saturated heterocycles. The highest BCUT2D eigenvalue weighted by atomic mass is 16.5. The SMILES string of the molecule is COCCOCCC(=O)NCCC(=O)N1Cc2ccccc2-c2c(nnn2CCOC(=O)NCCCCC(NC(C)(C)C)C(=O)C(C)(C)C)-c2ccccc21. The van der Waals surface area contributed by atoms with Gasteiger partial charge in [-0.15, -0.1) is 5.10 Å². The first-order valence-electron chi connectivity index (χ1n) is 19.2. The minimum absolute atomic E-state index is 0.0682. The van der Waals surface area contributed by atoms with Crippen LogP contribution in [-0.4, -0.2) is 96.9 Å². The number of alkyl carbamates (subject to hydrolysis) is 1.